The molecule has 1 amide bonds. The Labute approximate surface area is 178 Å². The molecule has 0 spiro atoms. The third-order valence-corrected chi connectivity index (χ3v) is 6.34. The van der Waals surface area contributed by atoms with Crippen molar-refractivity contribution in [2.45, 2.75) is 51.6 Å². The van der Waals surface area contributed by atoms with Crippen molar-refractivity contribution in [2.75, 3.05) is 13.6 Å². The zero-order valence-corrected chi connectivity index (χ0v) is 18.1. The van der Waals surface area contributed by atoms with Gasteiger partial charge in [-0.1, -0.05) is 42.5 Å². The van der Waals surface area contributed by atoms with Gasteiger partial charge in [0.15, 0.2) is 0 Å². The van der Waals surface area contributed by atoms with Crippen molar-refractivity contribution in [3.63, 3.8) is 0 Å². The summed E-state index contributed by atoms with van der Waals surface area (Å²) in [5, 5.41) is 1.05. The molecule has 4 rings (SSSR count). The number of hydrogen-bond acceptors (Lipinski definition) is 4. The molecule has 2 unspecified atom stereocenters. The number of aryl methyl sites for hydroxylation is 2. The lowest BCUT2D eigenvalue weighted by molar-refractivity contribution is -0.129. The predicted octanol–water partition coefficient (Wildman–Crippen LogP) is 4.44. The lowest BCUT2D eigenvalue weighted by atomic mass is 10.00. The van der Waals surface area contributed by atoms with Crippen LogP contribution in [0.15, 0.2) is 53.1 Å². The highest BCUT2D eigenvalue weighted by atomic mass is 16.3. The van der Waals surface area contributed by atoms with Gasteiger partial charge in [0.25, 0.3) is 0 Å². The minimum atomic E-state index is 0.135. The first-order valence-electron chi connectivity index (χ1n) is 10.8. The highest BCUT2D eigenvalue weighted by Crippen LogP contribution is 2.27. The Bertz CT molecular complexity index is 1010. The van der Waals surface area contributed by atoms with E-state index in [9.17, 15) is 4.79 Å². The van der Waals surface area contributed by atoms with Crippen LogP contribution in [0, 0.1) is 13.8 Å². The van der Waals surface area contributed by atoms with Crippen molar-refractivity contribution in [1.82, 2.24) is 15.8 Å². The third-order valence-electron chi connectivity index (χ3n) is 6.34. The number of amides is 1. The fourth-order valence-electron chi connectivity index (χ4n) is 4.24. The van der Waals surface area contributed by atoms with Gasteiger partial charge in [0, 0.05) is 36.6 Å². The summed E-state index contributed by atoms with van der Waals surface area (Å²) in [6.07, 6.45) is 5.21. The maximum atomic E-state index is 12.7. The third kappa shape index (κ3) is 4.42. The molecule has 2 N–H and O–H groups in total. The largest absolute Gasteiger partial charge is 0.464 e. The molecule has 158 valence electrons. The Morgan fingerprint density at radius 1 is 1.13 bits per heavy atom. The monoisotopic (exact) mass is 405 g/mol. The summed E-state index contributed by atoms with van der Waals surface area (Å²) in [5.41, 5.74) is 12.3. The van der Waals surface area contributed by atoms with Gasteiger partial charge in [-0.15, -0.1) is 0 Å². The van der Waals surface area contributed by atoms with Gasteiger partial charge in [0.2, 0.25) is 5.91 Å². The van der Waals surface area contributed by atoms with Crippen molar-refractivity contribution in [2.24, 2.45) is 0 Å². The first kappa shape index (κ1) is 20.6. The Kier molecular flexibility index (Phi) is 6.21. The molecule has 5 heteroatoms. The van der Waals surface area contributed by atoms with E-state index in [0.29, 0.717) is 18.5 Å². The molecule has 1 aliphatic rings. The molecular weight excluding hydrogens is 374 g/mol. The summed E-state index contributed by atoms with van der Waals surface area (Å²) in [6.45, 7) is 4.90. The van der Waals surface area contributed by atoms with Crippen LogP contribution in [0.2, 0.25) is 0 Å². The molecule has 2 aromatic carbocycles. The number of nitrogens with zero attached hydrogens (tertiary/aromatic N) is 1. The minimum absolute atomic E-state index is 0.135. The van der Waals surface area contributed by atoms with E-state index >= 15 is 0 Å². The maximum absolute atomic E-state index is 12.7. The number of carbonyl (C=O) groups is 1. The molecule has 1 aromatic heterocycles. The van der Waals surface area contributed by atoms with E-state index in [1.807, 2.05) is 18.0 Å². The fourth-order valence-corrected chi connectivity index (χ4v) is 4.24. The summed E-state index contributed by atoms with van der Waals surface area (Å²) >= 11 is 0. The van der Waals surface area contributed by atoms with Crippen LogP contribution in [-0.4, -0.2) is 30.4 Å². The number of carbonyl (C=O) groups excluding carboxylic acids is 1. The van der Waals surface area contributed by atoms with E-state index in [2.05, 4.69) is 61.1 Å². The van der Waals surface area contributed by atoms with Crippen molar-refractivity contribution >= 4 is 16.9 Å². The van der Waals surface area contributed by atoms with E-state index in [-0.39, 0.29) is 5.91 Å². The molecule has 0 bridgehead atoms. The molecule has 1 fully saturated rings. The first-order valence-corrected chi connectivity index (χ1v) is 10.8. The van der Waals surface area contributed by atoms with Crippen molar-refractivity contribution in [3.8, 4) is 0 Å². The predicted molar refractivity (Wildman–Crippen MR) is 120 cm³/mol. The zero-order valence-electron chi connectivity index (χ0n) is 18.1. The molecule has 1 saturated heterocycles. The number of hydrogen-bond donors (Lipinski definition) is 2. The molecule has 30 heavy (non-hydrogen) atoms. The van der Waals surface area contributed by atoms with Crippen molar-refractivity contribution < 1.29 is 9.21 Å². The lowest BCUT2D eigenvalue weighted by Gasteiger charge is -2.18. The second kappa shape index (κ2) is 9.02. The quantitative estimate of drug-likeness (QED) is 0.610. The van der Waals surface area contributed by atoms with Crippen molar-refractivity contribution in [1.29, 1.82) is 0 Å². The number of likely N-dealkylation sites (N-methyl/N-ethyl adjacent to an activating group) is 1. The zero-order chi connectivity index (χ0) is 21.1. The van der Waals surface area contributed by atoms with Gasteiger partial charge in [0.05, 0.1) is 12.7 Å². The van der Waals surface area contributed by atoms with Crippen molar-refractivity contribution in [3.05, 3.63) is 71.0 Å². The molecule has 3 aromatic rings. The van der Waals surface area contributed by atoms with Crippen LogP contribution in [0.25, 0.3) is 11.0 Å². The van der Waals surface area contributed by atoms with E-state index in [4.69, 9.17) is 4.42 Å². The summed E-state index contributed by atoms with van der Waals surface area (Å²) in [7, 11) is 1.90. The highest BCUT2D eigenvalue weighted by molar-refractivity contribution is 5.89. The molecule has 5 nitrogen and oxygen atoms in total. The maximum Gasteiger partial charge on any atom is 0.226 e. The SMILES string of the molecule is Cc1ccc2c(CC(=O)N(C)CCCC3CC(c4ccccc4)NN3)coc2c1C. The average Bonchev–Trinajstić information content (AvgIpc) is 3.39. The Hall–Kier alpha value is -2.63. The topological polar surface area (TPSA) is 57.5 Å². The van der Waals surface area contributed by atoms with Crippen LogP contribution < -0.4 is 10.9 Å². The lowest BCUT2D eigenvalue weighted by Crippen LogP contribution is -2.33. The van der Waals surface area contributed by atoms with Gasteiger partial charge in [-0.05, 0) is 49.8 Å². The second-order valence-corrected chi connectivity index (χ2v) is 8.46. The van der Waals surface area contributed by atoms with Crippen LogP contribution in [0.4, 0.5) is 0 Å². The van der Waals surface area contributed by atoms with Crippen LogP contribution in [-0.2, 0) is 11.2 Å². The van der Waals surface area contributed by atoms with E-state index in [1.165, 1.54) is 11.1 Å². The van der Waals surface area contributed by atoms with Gasteiger partial charge in [0.1, 0.15) is 5.58 Å². The van der Waals surface area contributed by atoms with Gasteiger partial charge < -0.3 is 9.32 Å². The summed E-state index contributed by atoms with van der Waals surface area (Å²) in [5.74, 6) is 0.135. The molecule has 2 atom stereocenters. The van der Waals surface area contributed by atoms with E-state index < -0.39 is 0 Å². The van der Waals surface area contributed by atoms with Gasteiger partial charge in [-0.2, -0.15) is 0 Å². The van der Waals surface area contributed by atoms with Gasteiger partial charge in [-0.3, -0.25) is 15.6 Å². The summed E-state index contributed by atoms with van der Waals surface area (Å²) < 4.78 is 5.75. The minimum Gasteiger partial charge on any atom is -0.464 e. The van der Waals surface area contributed by atoms with Crippen LogP contribution >= 0.6 is 0 Å². The van der Waals surface area contributed by atoms with Gasteiger partial charge in [-0.25, -0.2) is 0 Å². The average molecular weight is 406 g/mol. The van der Waals surface area contributed by atoms with E-state index in [1.54, 1.807) is 6.26 Å². The smallest absolute Gasteiger partial charge is 0.226 e. The Morgan fingerprint density at radius 3 is 2.73 bits per heavy atom. The fraction of sp³-hybridized carbons (Fsp3) is 0.400. The molecule has 1 aliphatic heterocycles. The Balaban J connectivity index is 1.25. The molecule has 0 aliphatic carbocycles. The van der Waals surface area contributed by atoms with E-state index in [0.717, 1.165) is 47.9 Å². The van der Waals surface area contributed by atoms with Crippen LogP contribution in [0.1, 0.15) is 47.6 Å². The highest BCUT2D eigenvalue weighted by Gasteiger charge is 2.24. The standard InChI is InChI=1S/C25H31N3O2/c1-17-11-12-22-20(16-30-25(22)18(17)2)14-24(29)28(3)13-7-10-21-15-23(27-26-21)19-8-5-4-6-9-19/h4-6,8-9,11-12,16,21,23,26-27H,7,10,13-15H2,1-3H3. The van der Waals surface area contributed by atoms with Gasteiger partial charge >= 0.3 is 0 Å². The molecule has 0 radical (unpaired) electrons. The number of hydrazine groups is 1. The van der Waals surface area contributed by atoms with Crippen LogP contribution in [0.3, 0.4) is 0 Å². The molecule has 0 saturated carbocycles. The van der Waals surface area contributed by atoms with Crippen LogP contribution in [0.5, 0.6) is 0 Å². The number of benzene rings is 2. The number of nitrogens with one attached hydrogen (secondary N) is 2. The summed E-state index contributed by atoms with van der Waals surface area (Å²) in [6, 6.07) is 15.5. The normalized spacial score (nSPS) is 18.8. The number of furan rings is 1. The summed E-state index contributed by atoms with van der Waals surface area (Å²) in [4.78, 5) is 14.6. The Morgan fingerprint density at radius 2 is 1.93 bits per heavy atom. The molecule has 2 heterocycles. The number of fused-ring (bicyclic) bond motifs is 1. The second-order valence-electron chi connectivity index (χ2n) is 8.46. The molecular formula is C25H31N3O2. The number of rotatable bonds is 7. The first-order chi connectivity index (χ1) is 14.5.